The van der Waals surface area contributed by atoms with Crippen LogP contribution in [0.25, 0.3) is 0 Å². The average molecular weight is 370 g/mol. The van der Waals surface area contributed by atoms with Gasteiger partial charge in [0.2, 0.25) is 0 Å². The summed E-state index contributed by atoms with van der Waals surface area (Å²) in [6, 6.07) is 0.171. The van der Waals surface area contributed by atoms with Crippen LogP contribution in [0.15, 0.2) is 11.0 Å². The number of carbonyl (C=O) groups excluding carboxylic acids is 1. The number of amides is 1. The number of nitrogens with one attached hydrogen (secondary N) is 1. The van der Waals surface area contributed by atoms with Crippen LogP contribution < -0.4 is 5.56 Å². The first-order valence-electron chi connectivity index (χ1n) is 10.5. The Bertz CT molecular complexity index is 781. The van der Waals surface area contributed by atoms with Gasteiger partial charge in [-0.05, 0) is 76.3 Å². The van der Waals surface area contributed by atoms with Crippen molar-refractivity contribution in [2.24, 2.45) is 17.8 Å². The maximum Gasteiger partial charge on any atom is 0.263 e. The first-order valence-corrected chi connectivity index (χ1v) is 10.5. The molecule has 6 rings (SSSR count). The molecular formula is C21H30N4O2. The van der Waals surface area contributed by atoms with Crippen LogP contribution in [-0.4, -0.2) is 58.9 Å². The summed E-state index contributed by atoms with van der Waals surface area (Å²) in [5.74, 6) is 3.03. The molecule has 4 aliphatic carbocycles. The Kier molecular flexibility index (Phi) is 3.97. The van der Waals surface area contributed by atoms with Crippen molar-refractivity contribution in [1.29, 1.82) is 0 Å². The molecule has 1 unspecified atom stereocenters. The van der Waals surface area contributed by atoms with Crippen molar-refractivity contribution in [2.45, 2.75) is 56.4 Å². The molecule has 6 heteroatoms. The van der Waals surface area contributed by atoms with Crippen molar-refractivity contribution < 1.29 is 4.79 Å². The molecule has 5 fully saturated rings. The highest BCUT2D eigenvalue weighted by Crippen LogP contribution is 2.59. The molecule has 2 heterocycles. The zero-order chi connectivity index (χ0) is 18.8. The molecule has 27 heavy (non-hydrogen) atoms. The maximum absolute atomic E-state index is 12.9. The number of nitrogens with zero attached hydrogens (tertiary/aromatic N) is 3. The second-order valence-electron chi connectivity index (χ2n) is 9.79. The molecule has 6 nitrogen and oxygen atoms in total. The molecule has 4 saturated carbocycles. The summed E-state index contributed by atoms with van der Waals surface area (Å²) in [5.41, 5.74) is -0.0327. The van der Waals surface area contributed by atoms with Gasteiger partial charge in [0.25, 0.3) is 11.5 Å². The number of hydrogen-bond donors (Lipinski definition) is 1. The van der Waals surface area contributed by atoms with Crippen molar-refractivity contribution in [3.8, 4) is 0 Å². The van der Waals surface area contributed by atoms with Gasteiger partial charge in [-0.1, -0.05) is 0 Å². The second kappa shape index (κ2) is 6.16. The number of aromatic amines is 1. The van der Waals surface area contributed by atoms with Gasteiger partial charge in [0.15, 0.2) is 0 Å². The van der Waals surface area contributed by atoms with Crippen LogP contribution in [0, 0.1) is 17.8 Å². The third-order valence-corrected chi connectivity index (χ3v) is 7.80. The third-order valence-electron chi connectivity index (χ3n) is 7.80. The minimum atomic E-state index is -0.265. The molecule has 146 valence electrons. The van der Waals surface area contributed by atoms with Crippen molar-refractivity contribution in [1.82, 2.24) is 19.8 Å². The van der Waals surface area contributed by atoms with Crippen LogP contribution in [0.2, 0.25) is 0 Å². The van der Waals surface area contributed by atoms with Crippen LogP contribution in [0.5, 0.6) is 0 Å². The van der Waals surface area contributed by atoms with Gasteiger partial charge < -0.3 is 14.8 Å². The minimum Gasteiger partial charge on any atom is -0.337 e. The highest BCUT2D eigenvalue weighted by Gasteiger charge is 2.53. The predicted molar refractivity (Wildman–Crippen MR) is 103 cm³/mol. The summed E-state index contributed by atoms with van der Waals surface area (Å²) < 4.78 is 0. The number of aromatic nitrogens is 2. The molecule has 1 N–H and O–H groups in total. The fraction of sp³-hybridized carbons (Fsp3) is 0.762. The number of carbonyl (C=O) groups is 1. The van der Waals surface area contributed by atoms with E-state index < -0.39 is 0 Å². The number of rotatable bonds is 3. The minimum absolute atomic E-state index is 0.0511. The predicted octanol–water partition coefficient (Wildman–Crippen LogP) is 2.01. The van der Waals surface area contributed by atoms with Crippen LogP contribution >= 0.6 is 0 Å². The second-order valence-corrected chi connectivity index (χ2v) is 9.79. The molecule has 4 bridgehead atoms. The van der Waals surface area contributed by atoms with Gasteiger partial charge in [0, 0.05) is 31.2 Å². The fourth-order valence-corrected chi connectivity index (χ4v) is 6.80. The summed E-state index contributed by atoms with van der Waals surface area (Å²) >= 11 is 0. The lowest BCUT2D eigenvalue weighted by atomic mass is 9.49. The van der Waals surface area contributed by atoms with Gasteiger partial charge in [0.1, 0.15) is 11.4 Å². The molecule has 1 aromatic heterocycles. The largest absolute Gasteiger partial charge is 0.337 e. The lowest BCUT2D eigenvalue weighted by molar-refractivity contribution is -0.00955. The molecule has 0 aromatic carbocycles. The normalized spacial score (nSPS) is 37.7. The van der Waals surface area contributed by atoms with Crippen LogP contribution in [0.1, 0.15) is 61.1 Å². The standard InChI is InChI=1S/C21H30N4O2/c1-24-4-3-16(12-24)25(2)19(27)17-11-22-20(23-18(17)26)21-8-13-5-14(9-21)7-15(6-13)10-21/h11,13-16H,3-10,12H2,1-2H3,(H,22,23,26). The van der Waals surface area contributed by atoms with E-state index in [9.17, 15) is 9.59 Å². The Labute approximate surface area is 160 Å². The monoisotopic (exact) mass is 370 g/mol. The summed E-state index contributed by atoms with van der Waals surface area (Å²) in [6.45, 7) is 1.85. The summed E-state index contributed by atoms with van der Waals surface area (Å²) in [6.07, 6.45) is 10.1. The van der Waals surface area contributed by atoms with Gasteiger partial charge >= 0.3 is 0 Å². The molecule has 1 amide bonds. The van der Waals surface area contributed by atoms with Crippen molar-refractivity contribution in [3.05, 3.63) is 27.9 Å². The van der Waals surface area contributed by atoms with Crippen molar-refractivity contribution in [2.75, 3.05) is 27.2 Å². The van der Waals surface area contributed by atoms with Gasteiger partial charge in [-0.15, -0.1) is 0 Å². The van der Waals surface area contributed by atoms with E-state index in [-0.39, 0.29) is 28.5 Å². The van der Waals surface area contributed by atoms with E-state index in [4.69, 9.17) is 0 Å². The van der Waals surface area contributed by atoms with Crippen LogP contribution in [-0.2, 0) is 5.41 Å². The van der Waals surface area contributed by atoms with E-state index in [1.54, 1.807) is 18.1 Å². The van der Waals surface area contributed by atoms with Crippen molar-refractivity contribution in [3.63, 3.8) is 0 Å². The Morgan fingerprint density at radius 2 is 1.85 bits per heavy atom. The molecule has 1 saturated heterocycles. The zero-order valence-corrected chi connectivity index (χ0v) is 16.4. The van der Waals surface area contributed by atoms with E-state index in [1.165, 1.54) is 19.3 Å². The van der Waals surface area contributed by atoms with E-state index in [0.29, 0.717) is 0 Å². The highest BCUT2D eigenvalue weighted by atomic mass is 16.2. The third kappa shape index (κ3) is 2.84. The quantitative estimate of drug-likeness (QED) is 0.884. The lowest BCUT2D eigenvalue weighted by Gasteiger charge is -2.56. The SMILES string of the molecule is CN1CCC(N(C)C(=O)c2cnc(C34CC5CC(CC(C5)C3)C4)[nH]c2=O)C1. The van der Waals surface area contributed by atoms with E-state index in [0.717, 1.165) is 62.4 Å². The van der Waals surface area contributed by atoms with Crippen molar-refractivity contribution >= 4 is 5.91 Å². The molecule has 5 aliphatic rings. The summed E-state index contributed by atoms with van der Waals surface area (Å²) in [7, 11) is 3.87. The van der Waals surface area contributed by atoms with Gasteiger partial charge in [-0.2, -0.15) is 0 Å². The zero-order valence-electron chi connectivity index (χ0n) is 16.4. The Morgan fingerprint density at radius 1 is 1.22 bits per heavy atom. The number of likely N-dealkylation sites (N-methyl/N-ethyl adjacent to an activating group) is 2. The topological polar surface area (TPSA) is 69.3 Å². The summed E-state index contributed by atoms with van der Waals surface area (Å²) in [5, 5.41) is 0. The fourth-order valence-electron chi connectivity index (χ4n) is 6.80. The lowest BCUT2D eigenvalue weighted by Crippen LogP contribution is -2.50. The molecule has 1 aliphatic heterocycles. The molecule has 0 radical (unpaired) electrons. The number of likely N-dealkylation sites (tertiary alicyclic amines) is 1. The van der Waals surface area contributed by atoms with Gasteiger partial charge in [-0.3, -0.25) is 9.59 Å². The van der Waals surface area contributed by atoms with E-state index in [2.05, 4.69) is 21.9 Å². The number of hydrogen-bond acceptors (Lipinski definition) is 4. The maximum atomic E-state index is 12.9. The van der Waals surface area contributed by atoms with Crippen LogP contribution in [0.4, 0.5) is 0 Å². The molecule has 1 aromatic rings. The highest BCUT2D eigenvalue weighted by molar-refractivity contribution is 5.93. The molecule has 1 atom stereocenters. The molecule has 0 spiro atoms. The van der Waals surface area contributed by atoms with Gasteiger partial charge in [0.05, 0.1) is 0 Å². The average Bonchev–Trinajstić information content (AvgIpc) is 3.05. The molecular weight excluding hydrogens is 340 g/mol. The summed E-state index contributed by atoms with van der Waals surface area (Å²) in [4.78, 5) is 37.3. The Morgan fingerprint density at radius 3 is 2.37 bits per heavy atom. The Balaban J connectivity index is 1.40. The van der Waals surface area contributed by atoms with E-state index >= 15 is 0 Å². The first-order chi connectivity index (χ1) is 12.9. The smallest absolute Gasteiger partial charge is 0.263 e. The Hall–Kier alpha value is -1.69. The number of H-pyrrole nitrogens is 1. The van der Waals surface area contributed by atoms with Gasteiger partial charge in [-0.25, -0.2) is 4.98 Å². The van der Waals surface area contributed by atoms with E-state index in [1.807, 2.05) is 0 Å². The van der Waals surface area contributed by atoms with Crippen LogP contribution in [0.3, 0.4) is 0 Å². The first kappa shape index (κ1) is 17.4.